The van der Waals surface area contributed by atoms with Crippen LogP contribution < -0.4 is 0 Å². The van der Waals surface area contributed by atoms with Crippen LogP contribution >= 0.6 is 0 Å². The van der Waals surface area contributed by atoms with Crippen molar-refractivity contribution in [1.29, 1.82) is 0 Å². The van der Waals surface area contributed by atoms with E-state index in [-0.39, 0.29) is 17.7 Å². The first-order chi connectivity index (χ1) is 8.09. The Morgan fingerprint density at radius 2 is 1.88 bits per heavy atom. The monoisotopic (exact) mass is 241 g/mol. The molecule has 0 aromatic rings. The average molecular weight is 241 g/mol. The molecule has 2 saturated heterocycles. The van der Waals surface area contributed by atoms with E-state index in [2.05, 4.69) is 0 Å². The molecule has 5 nitrogen and oxygen atoms in total. The highest BCUT2D eigenvalue weighted by atomic mass is 16.5. The lowest BCUT2D eigenvalue weighted by Crippen LogP contribution is -2.37. The van der Waals surface area contributed by atoms with Crippen molar-refractivity contribution in [3.05, 3.63) is 0 Å². The van der Waals surface area contributed by atoms with Crippen molar-refractivity contribution in [2.75, 3.05) is 26.3 Å². The van der Waals surface area contributed by atoms with Crippen molar-refractivity contribution >= 4 is 11.9 Å². The molecule has 1 N–H and O–H groups in total. The molecule has 0 bridgehead atoms. The number of amides is 1. The van der Waals surface area contributed by atoms with Crippen molar-refractivity contribution in [1.82, 2.24) is 4.90 Å². The van der Waals surface area contributed by atoms with Gasteiger partial charge in [0, 0.05) is 32.2 Å². The molecule has 0 aromatic heterocycles. The zero-order chi connectivity index (χ0) is 12.4. The second-order valence-corrected chi connectivity index (χ2v) is 5.05. The Hall–Kier alpha value is -1.10. The maximum atomic E-state index is 12.2. The van der Waals surface area contributed by atoms with Gasteiger partial charge in [0.2, 0.25) is 5.91 Å². The van der Waals surface area contributed by atoms with Crippen molar-refractivity contribution in [2.45, 2.75) is 19.8 Å². The number of carboxylic acids is 1. The molecule has 2 aliphatic rings. The van der Waals surface area contributed by atoms with Gasteiger partial charge in [-0.1, -0.05) is 6.92 Å². The van der Waals surface area contributed by atoms with Gasteiger partial charge >= 0.3 is 5.97 Å². The van der Waals surface area contributed by atoms with E-state index in [0.29, 0.717) is 26.3 Å². The second-order valence-electron chi connectivity index (χ2n) is 5.05. The van der Waals surface area contributed by atoms with Crippen LogP contribution in [0.2, 0.25) is 0 Å². The van der Waals surface area contributed by atoms with Gasteiger partial charge in [-0.05, 0) is 18.8 Å². The van der Waals surface area contributed by atoms with E-state index in [1.165, 1.54) is 0 Å². The van der Waals surface area contributed by atoms with Crippen LogP contribution in [0, 0.1) is 17.8 Å². The molecule has 2 aliphatic heterocycles. The lowest BCUT2D eigenvalue weighted by Gasteiger charge is -2.26. The molecular weight excluding hydrogens is 222 g/mol. The number of likely N-dealkylation sites (tertiary alicyclic amines) is 1. The van der Waals surface area contributed by atoms with Crippen molar-refractivity contribution in [3.8, 4) is 0 Å². The summed E-state index contributed by atoms with van der Waals surface area (Å²) < 4.78 is 5.23. The maximum absolute atomic E-state index is 12.2. The number of nitrogens with zero attached hydrogens (tertiary/aromatic N) is 1. The fourth-order valence-electron chi connectivity index (χ4n) is 2.67. The average Bonchev–Trinajstić information content (AvgIpc) is 2.71. The molecule has 17 heavy (non-hydrogen) atoms. The Labute approximate surface area is 101 Å². The Balaban J connectivity index is 1.94. The number of rotatable bonds is 2. The van der Waals surface area contributed by atoms with Gasteiger partial charge in [-0.25, -0.2) is 0 Å². The van der Waals surface area contributed by atoms with Gasteiger partial charge in [-0.2, -0.15) is 0 Å². The predicted molar refractivity (Wildman–Crippen MR) is 60.4 cm³/mol. The fourth-order valence-corrected chi connectivity index (χ4v) is 2.67. The minimum atomic E-state index is -0.792. The molecule has 2 unspecified atom stereocenters. The van der Waals surface area contributed by atoms with E-state index in [1.54, 1.807) is 4.90 Å². The summed E-state index contributed by atoms with van der Waals surface area (Å²) in [4.78, 5) is 24.9. The first kappa shape index (κ1) is 12.4. The Morgan fingerprint density at radius 1 is 1.24 bits per heavy atom. The second kappa shape index (κ2) is 5.04. The van der Waals surface area contributed by atoms with E-state index in [0.717, 1.165) is 12.8 Å². The normalized spacial score (nSPS) is 30.5. The highest BCUT2D eigenvalue weighted by Gasteiger charge is 2.38. The molecule has 0 spiro atoms. The standard InChI is InChI=1S/C12H19NO4/c1-8-6-13(7-10(8)12(15)16)11(14)9-2-4-17-5-3-9/h8-10H,2-7H2,1H3,(H,15,16). The summed E-state index contributed by atoms with van der Waals surface area (Å²) in [7, 11) is 0. The zero-order valence-electron chi connectivity index (χ0n) is 10.1. The van der Waals surface area contributed by atoms with Crippen molar-refractivity contribution in [3.63, 3.8) is 0 Å². The van der Waals surface area contributed by atoms with E-state index in [4.69, 9.17) is 9.84 Å². The summed E-state index contributed by atoms with van der Waals surface area (Å²) in [5, 5.41) is 9.04. The fraction of sp³-hybridized carbons (Fsp3) is 0.833. The molecular formula is C12H19NO4. The van der Waals surface area contributed by atoms with E-state index < -0.39 is 11.9 Å². The molecule has 5 heteroatoms. The summed E-state index contributed by atoms with van der Waals surface area (Å²) in [6.45, 7) is 4.13. The quantitative estimate of drug-likeness (QED) is 0.768. The van der Waals surface area contributed by atoms with Crippen LogP contribution in [0.4, 0.5) is 0 Å². The summed E-state index contributed by atoms with van der Waals surface area (Å²) in [5.74, 6) is -0.998. The molecule has 1 amide bonds. The molecule has 0 aromatic carbocycles. The molecule has 2 atom stereocenters. The SMILES string of the molecule is CC1CN(C(=O)C2CCOCC2)CC1C(=O)O. The highest BCUT2D eigenvalue weighted by Crippen LogP contribution is 2.26. The minimum Gasteiger partial charge on any atom is -0.481 e. The first-order valence-corrected chi connectivity index (χ1v) is 6.19. The van der Waals surface area contributed by atoms with Crippen LogP contribution in [0.3, 0.4) is 0 Å². The van der Waals surface area contributed by atoms with Gasteiger partial charge in [0.15, 0.2) is 0 Å². The lowest BCUT2D eigenvalue weighted by atomic mass is 9.99. The van der Waals surface area contributed by atoms with Crippen LogP contribution in [-0.2, 0) is 14.3 Å². The molecule has 2 fully saturated rings. The minimum absolute atomic E-state index is 0.0310. The number of ether oxygens (including phenoxy) is 1. The largest absolute Gasteiger partial charge is 0.481 e. The zero-order valence-corrected chi connectivity index (χ0v) is 10.1. The number of carbonyl (C=O) groups is 2. The van der Waals surface area contributed by atoms with Gasteiger partial charge in [0.1, 0.15) is 0 Å². The number of hydrogen-bond acceptors (Lipinski definition) is 3. The van der Waals surface area contributed by atoms with Gasteiger partial charge in [0.25, 0.3) is 0 Å². The third kappa shape index (κ3) is 2.60. The van der Waals surface area contributed by atoms with Crippen molar-refractivity contribution in [2.24, 2.45) is 17.8 Å². The molecule has 0 aliphatic carbocycles. The lowest BCUT2D eigenvalue weighted by molar-refractivity contribution is -0.142. The van der Waals surface area contributed by atoms with Crippen LogP contribution in [0.1, 0.15) is 19.8 Å². The number of hydrogen-bond donors (Lipinski definition) is 1. The van der Waals surface area contributed by atoms with Gasteiger partial charge in [-0.15, -0.1) is 0 Å². The molecule has 0 radical (unpaired) electrons. The van der Waals surface area contributed by atoms with E-state index in [1.807, 2.05) is 6.92 Å². The summed E-state index contributed by atoms with van der Waals surface area (Å²) in [6, 6.07) is 0. The Kier molecular flexibility index (Phi) is 3.66. The molecule has 96 valence electrons. The van der Waals surface area contributed by atoms with Gasteiger partial charge < -0.3 is 14.7 Å². The van der Waals surface area contributed by atoms with E-state index in [9.17, 15) is 9.59 Å². The third-order valence-corrected chi connectivity index (χ3v) is 3.81. The van der Waals surface area contributed by atoms with Gasteiger partial charge in [0.05, 0.1) is 5.92 Å². The molecule has 2 heterocycles. The van der Waals surface area contributed by atoms with Crippen LogP contribution in [0.15, 0.2) is 0 Å². The summed E-state index contributed by atoms with van der Waals surface area (Å²) >= 11 is 0. The topological polar surface area (TPSA) is 66.8 Å². The third-order valence-electron chi connectivity index (χ3n) is 3.81. The summed E-state index contributed by atoms with van der Waals surface area (Å²) in [5.41, 5.74) is 0. The molecule has 0 saturated carbocycles. The van der Waals surface area contributed by atoms with Crippen LogP contribution in [-0.4, -0.2) is 48.2 Å². The summed E-state index contributed by atoms with van der Waals surface area (Å²) in [6.07, 6.45) is 1.53. The predicted octanol–water partition coefficient (Wildman–Crippen LogP) is 0.592. The number of aliphatic carboxylic acids is 1. The van der Waals surface area contributed by atoms with Crippen molar-refractivity contribution < 1.29 is 19.4 Å². The highest BCUT2D eigenvalue weighted by molar-refractivity contribution is 5.81. The number of carbonyl (C=O) groups excluding carboxylic acids is 1. The van der Waals surface area contributed by atoms with Crippen LogP contribution in [0.5, 0.6) is 0 Å². The Bertz CT molecular complexity index is 312. The first-order valence-electron chi connectivity index (χ1n) is 6.19. The van der Waals surface area contributed by atoms with E-state index >= 15 is 0 Å². The number of carboxylic acid groups (broad SMARTS) is 1. The maximum Gasteiger partial charge on any atom is 0.308 e. The molecule has 2 rings (SSSR count). The van der Waals surface area contributed by atoms with Crippen LogP contribution in [0.25, 0.3) is 0 Å². The smallest absolute Gasteiger partial charge is 0.308 e. The Morgan fingerprint density at radius 3 is 2.41 bits per heavy atom. The van der Waals surface area contributed by atoms with Gasteiger partial charge in [-0.3, -0.25) is 9.59 Å².